The average molecular weight is 346 g/mol. The molecule has 6 nitrogen and oxygen atoms in total. The first-order valence-corrected chi connectivity index (χ1v) is 7.80. The summed E-state index contributed by atoms with van der Waals surface area (Å²) in [7, 11) is 0. The first kappa shape index (κ1) is 18.3. The van der Waals surface area contributed by atoms with Gasteiger partial charge >= 0.3 is 11.9 Å². The van der Waals surface area contributed by atoms with Crippen molar-refractivity contribution in [2.45, 2.75) is 13.8 Å². The monoisotopic (exact) mass is 346 g/mol. The molecule has 0 saturated carbocycles. The van der Waals surface area contributed by atoms with Crippen molar-refractivity contribution in [2.24, 2.45) is 0 Å². The molecule has 25 heavy (non-hydrogen) atoms. The van der Waals surface area contributed by atoms with Crippen LogP contribution in [0.15, 0.2) is 54.5 Å². The van der Waals surface area contributed by atoms with Crippen LogP contribution in [0.4, 0.5) is 10.1 Å². The van der Waals surface area contributed by atoms with Gasteiger partial charge in [-0.3, -0.25) is 0 Å². The highest BCUT2D eigenvalue weighted by Crippen LogP contribution is 2.19. The smallest absolute Gasteiger partial charge is 0.347 e. The molecule has 7 heteroatoms. The Kier molecular flexibility index (Phi) is 6.33. The zero-order chi connectivity index (χ0) is 18.2. The highest BCUT2D eigenvalue weighted by atomic mass is 19.1. The van der Waals surface area contributed by atoms with E-state index >= 15 is 0 Å². The summed E-state index contributed by atoms with van der Waals surface area (Å²) in [5.74, 6) is -1.98. The highest BCUT2D eigenvalue weighted by Gasteiger charge is 2.21. The Labute approximate surface area is 144 Å². The fourth-order valence-corrected chi connectivity index (χ4v) is 2.07. The van der Waals surface area contributed by atoms with Crippen LogP contribution in [0.25, 0.3) is 5.69 Å². The summed E-state index contributed by atoms with van der Waals surface area (Å²) in [6, 6.07) is 7.89. The SMILES string of the molecule is CCOC(=O)C(=CNc1ccc(F)c(-n2cccc2)c1)C(=O)OCC. The topological polar surface area (TPSA) is 69.6 Å². The van der Waals surface area contributed by atoms with Crippen molar-refractivity contribution in [1.29, 1.82) is 0 Å². The van der Waals surface area contributed by atoms with Gasteiger partial charge in [0.05, 0.1) is 18.9 Å². The number of hydrogen-bond acceptors (Lipinski definition) is 5. The number of esters is 2. The van der Waals surface area contributed by atoms with E-state index in [9.17, 15) is 14.0 Å². The first-order chi connectivity index (χ1) is 12.1. The number of benzene rings is 1. The van der Waals surface area contributed by atoms with Gasteiger partial charge in [0, 0.05) is 24.3 Å². The van der Waals surface area contributed by atoms with Crippen LogP contribution in [0.3, 0.4) is 0 Å². The fraction of sp³-hybridized carbons (Fsp3) is 0.222. The maximum absolute atomic E-state index is 14.0. The lowest BCUT2D eigenvalue weighted by Crippen LogP contribution is -2.19. The first-order valence-electron chi connectivity index (χ1n) is 7.80. The molecule has 2 aromatic rings. The van der Waals surface area contributed by atoms with Crippen LogP contribution in [-0.4, -0.2) is 29.7 Å². The lowest BCUT2D eigenvalue weighted by atomic mass is 10.2. The van der Waals surface area contributed by atoms with Gasteiger partial charge in [0.15, 0.2) is 5.57 Å². The second kappa shape index (κ2) is 8.68. The number of nitrogens with one attached hydrogen (secondary N) is 1. The Morgan fingerprint density at radius 1 is 1.12 bits per heavy atom. The third kappa shape index (κ3) is 4.69. The number of anilines is 1. The molecule has 0 aliphatic rings. The van der Waals surface area contributed by atoms with Crippen LogP contribution in [0.2, 0.25) is 0 Å². The summed E-state index contributed by atoms with van der Waals surface area (Å²) in [6.45, 7) is 3.53. The predicted molar refractivity (Wildman–Crippen MR) is 90.7 cm³/mol. The van der Waals surface area contributed by atoms with Gasteiger partial charge in [-0.15, -0.1) is 0 Å². The van der Waals surface area contributed by atoms with Gasteiger partial charge in [-0.05, 0) is 44.2 Å². The summed E-state index contributed by atoms with van der Waals surface area (Å²) in [4.78, 5) is 23.8. The van der Waals surface area contributed by atoms with Gasteiger partial charge in [-0.25, -0.2) is 14.0 Å². The molecule has 0 amide bonds. The molecule has 0 bridgehead atoms. The Morgan fingerprint density at radius 3 is 2.28 bits per heavy atom. The molecule has 132 valence electrons. The maximum atomic E-state index is 14.0. The van der Waals surface area contributed by atoms with Crippen molar-refractivity contribution < 1.29 is 23.5 Å². The minimum absolute atomic E-state index is 0.129. The number of nitrogens with zero attached hydrogens (tertiary/aromatic N) is 1. The number of rotatable bonds is 7. The van der Waals surface area contributed by atoms with Crippen molar-refractivity contribution in [3.63, 3.8) is 0 Å². The summed E-state index contributed by atoms with van der Waals surface area (Å²) < 4.78 is 25.3. The van der Waals surface area contributed by atoms with Crippen LogP contribution >= 0.6 is 0 Å². The van der Waals surface area contributed by atoms with Crippen LogP contribution in [0.1, 0.15) is 13.8 Å². The zero-order valence-electron chi connectivity index (χ0n) is 14.0. The molecular formula is C18H19FN2O4. The summed E-state index contributed by atoms with van der Waals surface area (Å²) in [6.07, 6.45) is 4.62. The molecule has 0 spiro atoms. The van der Waals surface area contributed by atoms with E-state index in [1.54, 1.807) is 49.0 Å². The number of aromatic nitrogens is 1. The molecule has 0 fully saturated rings. The lowest BCUT2D eigenvalue weighted by molar-refractivity contribution is -0.146. The molecule has 0 aliphatic carbocycles. The second-order valence-corrected chi connectivity index (χ2v) is 4.90. The molecule has 1 heterocycles. The van der Waals surface area contributed by atoms with Gasteiger partial charge in [0.2, 0.25) is 0 Å². The molecule has 0 atom stereocenters. The van der Waals surface area contributed by atoms with E-state index in [0.29, 0.717) is 11.4 Å². The Balaban J connectivity index is 2.26. The molecule has 0 radical (unpaired) electrons. The summed E-state index contributed by atoms with van der Waals surface area (Å²) in [5.41, 5.74) is 0.559. The third-order valence-corrected chi connectivity index (χ3v) is 3.20. The summed E-state index contributed by atoms with van der Waals surface area (Å²) in [5, 5.41) is 2.81. The minimum atomic E-state index is -0.791. The molecule has 1 aromatic heterocycles. The molecule has 2 rings (SSSR count). The van der Waals surface area contributed by atoms with E-state index in [4.69, 9.17) is 9.47 Å². The molecular weight excluding hydrogens is 327 g/mol. The van der Waals surface area contributed by atoms with Gasteiger partial charge in [0.1, 0.15) is 5.82 Å². The van der Waals surface area contributed by atoms with E-state index in [0.717, 1.165) is 0 Å². The van der Waals surface area contributed by atoms with Gasteiger partial charge in [-0.2, -0.15) is 0 Å². The normalized spacial score (nSPS) is 10.0. The van der Waals surface area contributed by atoms with Crippen molar-refractivity contribution in [1.82, 2.24) is 4.57 Å². The Morgan fingerprint density at radius 2 is 1.72 bits per heavy atom. The van der Waals surface area contributed by atoms with Crippen molar-refractivity contribution in [3.05, 3.63) is 60.3 Å². The second-order valence-electron chi connectivity index (χ2n) is 4.90. The van der Waals surface area contributed by atoms with E-state index < -0.39 is 17.8 Å². The number of halogens is 1. The maximum Gasteiger partial charge on any atom is 0.347 e. The Hall–Kier alpha value is -3.09. The van der Waals surface area contributed by atoms with Gasteiger partial charge in [-0.1, -0.05) is 0 Å². The van der Waals surface area contributed by atoms with E-state index in [1.807, 2.05) is 0 Å². The average Bonchev–Trinajstić information content (AvgIpc) is 3.11. The zero-order valence-corrected chi connectivity index (χ0v) is 14.0. The van der Waals surface area contributed by atoms with Crippen molar-refractivity contribution in [2.75, 3.05) is 18.5 Å². The van der Waals surface area contributed by atoms with E-state index in [2.05, 4.69) is 5.32 Å². The number of hydrogen-bond donors (Lipinski definition) is 1. The van der Waals surface area contributed by atoms with Gasteiger partial charge < -0.3 is 19.4 Å². The molecule has 1 N–H and O–H groups in total. The van der Waals surface area contributed by atoms with E-state index in [-0.39, 0.29) is 18.8 Å². The van der Waals surface area contributed by atoms with Crippen LogP contribution < -0.4 is 5.32 Å². The highest BCUT2D eigenvalue weighted by molar-refractivity contribution is 6.14. The quantitative estimate of drug-likeness (QED) is 0.361. The molecule has 0 aliphatic heterocycles. The minimum Gasteiger partial charge on any atom is -0.462 e. The molecule has 0 saturated heterocycles. The molecule has 0 unspecified atom stereocenters. The number of ether oxygens (including phenoxy) is 2. The third-order valence-electron chi connectivity index (χ3n) is 3.20. The fourth-order valence-electron chi connectivity index (χ4n) is 2.07. The largest absolute Gasteiger partial charge is 0.462 e. The van der Waals surface area contributed by atoms with Crippen molar-refractivity contribution >= 4 is 17.6 Å². The van der Waals surface area contributed by atoms with Crippen molar-refractivity contribution in [3.8, 4) is 5.69 Å². The van der Waals surface area contributed by atoms with Crippen LogP contribution in [-0.2, 0) is 19.1 Å². The van der Waals surface area contributed by atoms with Gasteiger partial charge in [0.25, 0.3) is 0 Å². The number of carbonyl (C=O) groups is 2. The Bertz CT molecular complexity index is 749. The summed E-state index contributed by atoms with van der Waals surface area (Å²) >= 11 is 0. The van der Waals surface area contributed by atoms with E-state index in [1.165, 1.54) is 18.3 Å². The van der Waals surface area contributed by atoms with Crippen LogP contribution in [0, 0.1) is 5.82 Å². The van der Waals surface area contributed by atoms with Crippen LogP contribution in [0.5, 0.6) is 0 Å². The number of carbonyl (C=O) groups excluding carboxylic acids is 2. The lowest BCUT2D eigenvalue weighted by Gasteiger charge is -2.10. The standard InChI is InChI=1S/C18H19FN2O4/c1-3-24-17(22)14(18(23)25-4-2)12-20-13-7-8-15(19)16(11-13)21-9-5-6-10-21/h5-12,20H,3-4H2,1-2H3. The predicted octanol–water partition coefficient (Wildman–Crippen LogP) is 3.04. The molecule has 1 aromatic carbocycles.